The smallest absolute Gasteiger partial charge is 0.141 e. The van der Waals surface area contributed by atoms with Gasteiger partial charge in [0.1, 0.15) is 5.82 Å². The Morgan fingerprint density at radius 1 is 1.14 bits per heavy atom. The van der Waals surface area contributed by atoms with E-state index in [1.165, 1.54) is 11.6 Å². The summed E-state index contributed by atoms with van der Waals surface area (Å²) in [5.74, 6) is 0.612. The molecule has 0 amide bonds. The van der Waals surface area contributed by atoms with Gasteiger partial charge in [0.05, 0.1) is 5.02 Å². The molecule has 21 heavy (non-hydrogen) atoms. The van der Waals surface area contributed by atoms with E-state index >= 15 is 0 Å². The second kappa shape index (κ2) is 6.59. The lowest BCUT2D eigenvalue weighted by Gasteiger charge is -2.33. The average molecular weight is 304 g/mol. The largest absolute Gasteiger partial charge is 0.316 e. The lowest BCUT2D eigenvalue weighted by molar-refractivity contribution is 0.324. The third-order valence-electron chi connectivity index (χ3n) is 4.32. The second-order valence-corrected chi connectivity index (χ2v) is 6.13. The molecule has 0 bridgehead atoms. The van der Waals surface area contributed by atoms with E-state index < -0.39 is 0 Å². The van der Waals surface area contributed by atoms with Crippen molar-refractivity contribution in [2.45, 2.75) is 18.8 Å². The Hall–Kier alpha value is -1.38. The summed E-state index contributed by atoms with van der Waals surface area (Å²) < 4.78 is 13.4. The van der Waals surface area contributed by atoms with Crippen LogP contribution in [-0.4, -0.2) is 13.1 Å². The zero-order valence-electron chi connectivity index (χ0n) is 11.9. The molecule has 0 aliphatic carbocycles. The molecule has 1 saturated heterocycles. The van der Waals surface area contributed by atoms with Crippen LogP contribution in [0, 0.1) is 11.7 Å². The molecule has 3 rings (SSSR count). The van der Waals surface area contributed by atoms with Gasteiger partial charge in [-0.25, -0.2) is 4.39 Å². The predicted octanol–water partition coefficient (Wildman–Crippen LogP) is 4.41. The molecule has 2 unspecified atom stereocenters. The Morgan fingerprint density at radius 2 is 1.95 bits per heavy atom. The minimum Gasteiger partial charge on any atom is -0.316 e. The maximum absolute atomic E-state index is 13.4. The van der Waals surface area contributed by atoms with Crippen LogP contribution in [0.25, 0.3) is 0 Å². The van der Waals surface area contributed by atoms with E-state index in [2.05, 4.69) is 29.6 Å². The van der Waals surface area contributed by atoms with Gasteiger partial charge < -0.3 is 5.32 Å². The van der Waals surface area contributed by atoms with E-state index in [1.807, 2.05) is 12.1 Å². The number of hydrogen-bond acceptors (Lipinski definition) is 1. The van der Waals surface area contributed by atoms with Gasteiger partial charge in [-0.3, -0.25) is 0 Å². The van der Waals surface area contributed by atoms with Crippen LogP contribution < -0.4 is 5.32 Å². The molecule has 2 aromatic rings. The average Bonchev–Trinajstić information content (AvgIpc) is 2.52. The quantitative estimate of drug-likeness (QED) is 0.885. The van der Waals surface area contributed by atoms with Gasteiger partial charge in [0, 0.05) is 0 Å². The molecule has 1 aliphatic heterocycles. The van der Waals surface area contributed by atoms with Crippen LogP contribution in [0.2, 0.25) is 5.02 Å². The Morgan fingerprint density at radius 3 is 2.71 bits per heavy atom. The Balaban J connectivity index is 1.82. The SMILES string of the molecule is Fc1ccc(C2CCNCC2Cc2ccccc2)cc1Cl. The highest BCUT2D eigenvalue weighted by Crippen LogP contribution is 2.34. The lowest BCUT2D eigenvalue weighted by atomic mass is 9.78. The van der Waals surface area contributed by atoms with Crippen molar-refractivity contribution in [3.63, 3.8) is 0 Å². The summed E-state index contributed by atoms with van der Waals surface area (Å²) >= 11 is 5.95. The first kappa shape index (κ1) is 14.6. The zero-order chi connectivity index (χ0) is 14.7. The van der Waals surface area contributed by atoms with Crippen molar-refractivity contribution < 1.29 is 4.39 Å². The van der Waals surface area contributed by atoms with E-state index in [0.29, 0.717) is 11.8 Å². The molecule has 0 radical (unpaired) electrons. The summed E-state index contributed by atoms with van der Waals surface area (Å²) in [7, 11) is 0. The topological polar surface area (TPSA) is 12.0 Å². The molecule has 3 heteroatoms. The van der Waals surface area contributed by atoms with Gasteiger partial charge in [0.25, 0.3) is 0 Å². The highest BCUT2D eigenvalue weighted by molar-refractivity contribution is 6.30. The molecule has 1 nitrogen and oxygen atoms in total. The van der Waals surface area contributed by atoms with Gasteiger partial charge >= 0.3 is 0 Å². The monoisotopic (exact) mass is 303 g/mol. The summed E-state index contributed by atoms with van der Waals surface area (Å²) in [5, 5.41) is 3.70. The number of benzene rings is 2. The molecular formula is C18H19ClFN. The van der Waals surface area contributed by atoms with E-state index in [9.17, 15) is 4.39 Å². The van der Waals surface area contributed by atoms with Crippen LogP contribution >= 0.6 is 11.6 Å². The minimum absolute atomic E-state index is 0.226. The van der Waals surface area contributed by atoms with E-state index in [-0.39, 0.29) is 10.8 Å². The summed E-state index contributed by atoms with van der Waals surface area (Å²) in [5.41, 5.74) is 2.51. The van der Waals surface area contributed by atoms with Crippen LogP contribution in [0.3, 0.4) is 0 Å². The summed E-state index contributed by atoms with van der Waals surface area (Å²) in [4.78, 5) is 0. The third kappa shape index (κ3) is 3.45. The maximum atomic E-state index is 13.4. The third-order valence-corrected chi connectivity index (χ3v) is 4.61. The Labute approximate surface area is 130 Å². The van der Waals surface area contributed by atoms with Crippen molar-refractivity contribution in [2.24, 2.45) is 5.92 Å². The molecule has 0 aromatic heterocycles. The molecular weight excluding hydrogens is 285 g/mol. The normalized spacial score (nSPS) is 22.2. The molecule has 1 fully saturated rings. The number of halogens is 2. The molecule has 2 atom stereocenters. The van der Waals surface area contributed by atoms with Crippen molar-refractivity contribution in [1.29, 1.82) is 0 Å². The fraction of sp³-hybridized carbons (Fsp3) is 0.333. The first-order chi connectivity index (χ1) is 10.2. The lowest BCUT2D eigenvalue weighted by Crippen LogP contribution is -2.36. The standard InChI is InChI=1S/C18H19ClFN/c19-17-11-14(6-7-18(17)20)16-8-9-21-12-15(16)10-13-4-2-1-3-5-13/h1-7,11,15-16,21H,8-10,12H2. The van der Waals surface area contributed by atoms with Crippen molar-refractivity contribution >= 4 is 11.6 Å². The highest BCUT2D eigenvalue weighted by Gasteiger charge is 2.26. The van der Waals surface area contributed by atoms with Crippen LogP contribution in [0.1, 0.15) is 23.5 Å². The fourth-order valence-corrected chi connectivity index (χ4v) is 3.43. The molecule has 0 saturated carbocycles. The van der Waals surface area contributed by atoms with Gasteiger partial charge in [-0.05, 0) is 61.0 Å². The van der Waals surface area contributed by atoms with Crippen LogP contribution in [0.5, 0.6) is 0 Å². The summed E-state index contributed by atoms with van der Waals surface area (Å²) in [6.07, 6.45) is 2.10. The number of piperidine rings is 1. The first-order valence-electron chi connectivity index (χ1n) is 7.43. The van der Waals surface area contributed by atoms with Crippen LogP contribution in [0.4, 0.5) is 4.39 Å². The first-order valence-corrected chi connectivity index (χ1v) is 7.81. The molecule has 2 aromatic carbocycles. The number of rotatable bonds is 3. The van der Waals surface area contributed by atoms with Crippen molar-refractivity contribution in [2.75, 3.05) is 13.1 Å². The van der Waals surface area contributed by atoms with Crippen molar-refractivity contribution in [1.82, 2.24) is 5.32 Å². The van der Waals surface area contributed by atoms with Gasteiger partial charge in [0.15, 0.2) is 0 Å². The van der Waals surface area contributed by atoms with Crippen LogP contribution in [-0.2, 0) is 6.42 Å². The van der Waals surface area contributed by atoms with Gasteiger partial charge in [0.2, 0.25) is 0 Å². The van der Waals surface area contributed by atoms with Crippen molar-refractivity contribution in [3.8, 4) is 0 Å². The number of hydrogen-bond donors (Lipinski definition) is 1. The molecule has 1 N–H and O–H groups in total. The van der Waals surface area contributed by atoms with Crippen molar-refractivity contribution in [3.05, 3.63) is 70.5 Å². The van der Waals surface area contributed by atoms with Gasteiger partial charge in [-0.2, -0.15) is 0 Å². The number of nitrogens with one attached hydrogen (secondary N) is 1. The second-order valence-electron chi connectivity index (χ2n) is 5.72. The molecule has 0 spiro atoms. The summed E-state index contributed by atoms with van der Waals surface area (Å²) in [6, 6.07) is 15.7. The maximum Gasteiger partial charge on any atom is 0.141 e. The van der Waals surface area contributed by atoms with E-state index in [0.717, 1.165) is 31.5 Å². The predicted molar refractivity (Wildman–Crippen MR) is 85.3 cm³/mol. The molecule has 110 valence electrons. The fourth-order valence-electron chi connectivity index (χ4n) is 3.24. The summed E-state index contributed by atoms with van der Waals surface area (Å²) in [6.45, 7) is 2.00. The van der Waals surface area contributed by atoms with E-state index in [1.54, 1.807) is 6.07 Å². The van der Waals surface area contributed by atoms with Gasteiger partial charge in [-0.1, -0.05) is 48.0 Å². The van der Waals surface area contributed by atoms with Crippen LogP contribution in [0.15, 0.2) is 48.5 Å². The molecule has 1 aliphatic rings. The Kier molecular flexibility index (Phi) is 4.57. The van der Waals surface area contributed by atoms with Gasteiger partial charge in [-0.15, -0.1) is 0 Å². The van der Waals surface area contributed by atoms with E-state index in [4.69, 9.17) is 11.6 Å². The zero-order valence-corrected chi connectivity index (χ0v) is 12.6. The molecule has 1 heterocycles. The Bertz CT molecular complexity index is 599. The minimum atomic E-state index is -0.339. The highest BCUT2D eigenvalue weighted by atomic mass is 35.5.